The Hall–Kier alpha value is -0.540. The predicted octanol–water partition coefficient (Wildman–Crippen LogP) is 2.57. The molecule has 1 rings (SSSR count). The van der Waals surface area contributed by atoms with Crippen molar-refractivity contribution in [1.82, 2.24) is 4.90 Å². The first-order chi connectivity index (χ1) is 5.66. The number of hydrogen-bond donors (Lipinski definition) is 0. The molecule has 74 valence electrons. The second-order valence-corrected chi connectivity index (χ2v) is 3.67. The maximum Gasteiger partial charge on any atom is 0.263 e. The van der Waals surface area contributed by atoms with E-state index in [2.05, 4.69) is 0 Å². The summed E-state index contributed by atoms with van der Waals surface area (Å²) in [5.41, 5.74) is 1.07. The molecule has 0 N–H and O–H groups in total. The second kappa shape index (κ2) is 5.25. The van der Waals surface area contributed by atoms with Crippen LogP contribution in [0.5, 0.6) is 0 Å². The van der Waals surface area contributed by atoms with Gasteiger partial charge in [-0.05, 0) is 30.9 Å². The van der Waals surface area contributed by atoms with Gasteiger partial charge in [0, 0.05) is 13.6 Å². The van der Waals surface area contributed by atoms with E-state index >= 15 is 0 Å². The van der Waals surface area contributed by atoms with Gasteiger partial charge in [-0.2, -0.15) is 0 Å². The Labute approximate surface area is 89.0 Å². The lowest BCUT2D eigenvalue weighted by Crippen LogP contribution is -2.25. The highest BCUT2D eigenvalue weighted by atomic mass is 35.5. The molecular weight excluding hydrogens is 206 g/mol. The number of hydrogen-bond acceptors (Lipinski definition) is 2. The number of rotatable bonds is 2. The zero-order valence-corrected chi connectivity index (χ0v) is 9.67. The Morgan fingerprint density at radius 1 is 1.62 bits per heavy atom. The third-order valence-corrected chi connectivity index (χ3v) is 2.88. The third-order valence-electron chi connectivity index (χ3n) is 1.88. The lowest BCUT2D eigenvalue weighted by Gasteiger charge is -2.13. The Bertz CT molecular complexity index is 285. The summed E-state index contributed by atoms with van der Waals surface area (Å²) < 4.78 is 0. The quantitative estimate of drug-likeness (QED) is 0.749. The van der Waals surface area contributed by atoms with Crippen LogP contribution in [0.4, 0.5) is 0 Å². The molecule has 1 amide bonds. The Morgan fingerprint density at radius 3 is 2.62 bits per heavy atom. The Kier molecular flexibility index (Phi) is 5.03. The molecule has 0 aliphatic heterocycles. The molecule has 0 fully saturated rings. The molecule has 0 bridgehead atoms. The summed E-state index contributed by atoms with van der Waals surface area (Å²) in [6, 6.07) is 1.97. The van der Waals surface area contributed by atoms with E-state index in [-0.39, 0.29) is 18.3 Å². The van der Waals surface area contributed by atoms with Crippen LogP contribution in [0.25, 0.3) is 0 Å². The molecular formula is C9H14ClNOS. The second-order valence-electron chi connectivity index (χ2n) is 2.75. The molecule has 1 aromatic heterocycles. The van der Waals surface area contributed by atoms with Gasteiger partial charge in [0.1, 0.15) is 0 Å². The van der Waals surface area contributed by atoms with Crippen molar-refractivity contribution in [3.63, 3.8) is 0 Å². The van der Waals surface area contributed by atoms with Crippen LogP contribution in [0.2, 0.25) is 0 Å². The standard InChI is InChI=1S/C9H13NOS.ClH/c1-4-10(3)9(11)8-7(2)5-6-12-8;/h5-6H,4H2,1-3H3;1H. The average molecular weight is 220 g/mol. The van der Waals surface area contributed by atoms with Crippen LogP contribution in [0.3, 0.4) is 0 Å². The zero-order chi connectivity index (χ0) is 9.14. The minimum absolute atomic E-state index is 0. The molecule has 1 aromatic rings. The number of thiophene rings is 1. The Balaban J connectivity index is 0.00000144. The zero-order valence-electron chi connectivity index (χ0n) is 8.03. The first kappa shape index (κ1) is 12.5. The summed E-state index contributed by atoms with van der Waals surface area (Å²) in [5.74, 6) is 0.130. The molecule has 0 saturated heterocycles. The number of nitrogens with zero attached hydrogens (tertiary/aromatic N) is 1. The average Bonchev–Trinajstić information content (AvgIpc) is 2.48. The maximum absolute atomic E-state index is 11.6. The smallest absolute Gasteiger partial charge is 0.263 e. The molecule has 13 heavy (non-hydrogen) atoms. The highest BCUT2D eigenvalue weighted by Gasteiger charge is 2.13. The van der Waals surface area contributed by atoms with Gasteiger partial charge < -0.3 is 4.90 Å². The fourth-order valence-corrected chi connectivity index (χ4v) is 1.83. The van der Waals surface area contributed by atoms with Crippen molar-refractivity contribution in [3.8, 4) is 0 Å². The monoisotopic (exact) mass is 219 g/mol. The first-order valence-corrected chi connectivity index (χ1v) is 4.84. The lowest BCUT2D eigenvalue weighted by atomic mass is 10.3. The predicted molar refractivity (Wildman–Crippen MR) is 58.9 cm³/mol. The molecule has 0 unspecified atom stereocenters. The van der Waals surface area contributed by atoms with Crippen molar-refractivity contribution in [1.29, 1.82) is 0 Å². The van der Waals surface area contributed by atoms with Crippen LogP contribution in [0.15, 0.2) is 11.4 Å². The van der Waals surface area contributed by atoms with Crippen LogP contribution in [0.1, 0.15) is 22.2 Å². The molecule has 0 atom stereocenters. The first-order valence-electron chi connectivity index (χ1n) is 3.96. The van der Waals surface area contributed by atoms with Gasteiger partial charge >= 0.3 is 0 Å². The summed E-state index contributed by atoms with van der Waals surface area (Å²) >= 11 is 1.51. The third kappa shape index (κ3) is 2.71. The van der Waals surface area contributed by atoms with E-state index in [1.165, 1.54) is 11.3 Å². The SMILES string of the molecule is CCN(C)C(=O)c1sccc1C.Cl. The van der Waals surface area contributed by atoms with Crippen LogP contribution in [-0.4, -0.2) is 24.4 Å². The van der Waals surface area contributed by atoms with Crippen LogP contribution < -0.4 is 0 Å². The molecule has 4 heteroatoms. The largest absolute Gasteiger partial charge is 0.341 e. The molecule has 2 nitrogen and oxygen atoms in total. The van der Waals surface area contributed by atoms with Gasteiger partial charge in [-0.15, -0.1) is 23.7 Å². The van der Waals surface area contributed by atoms with E-state index in [1.54, 1.807) is 4.90 Å². The molecule has 0 aliphatic rings. The van der Waals surface area contributed by atoms with Gasteiger partial charge in [-0.1, -0.05) is 0 Å². The summed E-state index contributed by atoms with van der Waals surface area (Å²) in [6.07, 6.45) is 0. The van der Waals surface area contributed by atoms with Gasteiger partial charge in [-0.3, -0.25) is 4.79 Å². The molecule has 0 spiro atoms. The van der Waals surface area contributed by atoms with Gasteiger partial charge in [0.05, 0.1) is 4.88 Å². The number of aryl methyl sites for hydroxylation is 1. The van der Waals surface area contributed by atoms with E-state index in [4.69, 9.17) is 0 Å². The fourth-order valence-electron chi connectivity index (χ4n) is 0.909. The number of carbonyl (C=O) groups excluding carboxylic acids is 1. The highest BCUT2D eigenvalue weighted by molar-refractivity contribution is 7.12. The van der Waals surface area contributed by atoms with Gasteiger partial charge in [-0.25, -0.2) is 0 Å². The topological polar surface area (TPSA) is 20.3 Å². The normalized spacial score (nSPS) is 9.15. The summed E-state index contributed by atoms with van der Waals surface area (Å²) in [6.45, 7) is 4.70. The van der Waals surface area contributed by atoms with Gasteiger partial charge in [0.25, 0.3) is 5.91 Å². The van der Waals surface area contributed by atoms with Crippen LogP contribution >= 0.6 is 23.7 Å². The van der Waals surface area contributed by atoms with E-state index in [1.807, 2.05) is 32.3 Å². The molecule has 1 heterocycles. The van der Waals surface area contributed by atoms with Crippen molar-refractivity contribution >= 4 is 29.7 Å². The molecule has 0 aliphatic carbocycles. The lowest BCUT2D eigenvalue weighted by molar-refractivity contribution is 0.0806. The minimum Gasteiger partial charge on any atom is -0.341 e. The van der Waals surface area contributed by atoms with Crippen molar-refractivity contribution in [2.24, 2.45) is 0 Å². The van der Waals surface area contributed by atoms with Crippen LogP contribution in [0, 0.1) is 6.92 Å². The number of carbonyl (C=O) groups is 1. The van der Waals surface area contributed by atoms with Gasteiger partial charge in [0.2, 0.25) is 0 Å². The van der Waals surface area contributed by atoms with Crippen molar-refractivity contribution in [2.75, 3.05) is 13.6 Å². The van der Waals surface area contributed by atoms with E-state index < -0.39 is 0 Å². The number of amides is 1. The van der Waals surface area contributed by atoms with E-state index in [0.717, 1.165) is 17.0 Å². The summed E-state index contributed by atoms with van der Waals surface area (Å²) in [7, 11) is 1.82. The Morgan fingerprint density at radius 2 is 2.23 bits per heavy atom. The van der Waals surface area contributed by atoms with Crippen LogP contribution in [-0.2, 0) is 0 Å². The van der Waals surface area contributed by atoms with E-state index in [0.29, 0.717) is 0 Å². The summed E-state index contributed by atoms with van der Waals surface area (Å²) in [4.78, 5) is 14.2. The number of halogens is 1. The van der Waals surface area contributed by atoms with E-state index in [9.17, 15) is 4.79 Å². The minimum atomic E-state index is 0. The van der Waals surface area contributed by atoms with Crippen molar-refractivity contribution < 1.29 is 4.79 Å². The highest BCUT2D eigenvalue weighted by Crippen LogP contribution is 2.16. The van der Waals surface area contributed by atoms with Gasteiger partial charge in [0.15, 0.2) is 0 Å². The molecule has 0 aromatic carbocycles. The fraction of sp³-hybridized carbons (Fsp3) is 0.444. The molecule has 0 radical (unpaired) electrons. The maximum atomic E-state index is 11.6. The van der Waals surface area contributed by atoms with Crippen molar-refractivity contribution in [2.45, 2.75) is 13.8 Å². The van der Waals surface area contributed by atoms with Crippen molar-refractivity contribution in [3.05, 3.63) is 21.9 Å². The molecule has 0 saturated carbocycles. The summed E-state index contributed by atoms with van der Waals surface area (Å²) in [5, 5.41) is 1.95.